The molecule has 0 radical (unpaired) electrons. The number of carboxylic acids is 1. The number of nitrogens with zero attached hydrogens (tertiary/aromatic N) is 1. The smallest absolute Gasteiger partial charge is 0.323 e. The first kappa shape index (κ1) is 13.6. The van der Waals surface area contributed by atoms with E-state index in [9.17, 15) is 9.59 Å². The third-order valence-electron chi connectivity index (χ3n) is 2.23. The SMILES string of the molecule is CSCc1ccc(C(=O)N(C)CC(=O)O)cc1. The predicted octanol–water partition coefficient (Wildman–Crippen LogP) is 1.71. The zero-order chi connectivity index (χ0) is 12.8. The summed E-state index contributed by atoms with van der Waals surface area (Å²) >= 11 is 1.71. The minimum absolute atomic E-state index is 0.275. The lowest BCUT2D eigenvalue weighted by atomic mass is 10.1. The predicted molar refractivity (Wildman–Crippen MR) is 68.3 cm³/mol. The van der Waals surface area contributed by atoms with Crippen molar-refractivity contribution in [2.45, 2.75) is 5.75 Å². The van der Waals surface area contributed by atoms with Crippen molar-refractivity contribution in [2.75, 3.05) is 19.8 Å². The number of hydrogen-bond acceptors (Lipinski definition) is 3. The molecular weight excluding hydrogens is 238 g/mol. The molecule has 0 aliphatic carbocycles. The maximum Gasteiger partial charge on any atom is 0.323 e. The van der Waals surface area contributed by atoms with Crippen molar-refractivity contribution in [1.82, 2.24) is 4.90 Å². The second-order valence-electron chi connectivity index (χ2n) is 3.68. The Labute approximate surface area is 105 Å². The fraction of sp³-hybridized carbons (Fsp3) is 0.333. The van der Waals surface area contributed by atoms with Gasteiger partial charge in [0.1, 0.15) is 6.54 Å². The number of hydrogen-bond donors (Lipinski definition) is 1. The molecule has 0 aliphatic rings. The standard InChI is InChI=1S/C12H15NO3S/c1-13(7-11(14)15)12(16)10-5-3-9(4-6-10)8-17-2/h3-6H,7-8H2,1-2H3,(H,14,15). The second-order valence-corrected chi connectivity index (χ2v) is 4.55. The van der Waals surface area contributed by atoms with Gasteiger partial charge in [-0.3, -0.25) is 9.59 Å². The summed E-state index contributed by atoms with van der Waals surface area (Å²) in [6, 6.07) is 7.23. The average Bonchev–Trinajstić information content (AvgIpc) is 2.28. The third-order valence-corrected chi connectivity index (χ3v) is 2.85. The highest BCUT2D eigenvalue weighted by Crippen LogP contribution is 2.11. The van der Waals surface area contributed by atoms with Gasteiger partial charge in [-0.25, -0.2) is 0 Å². The molecule has 0 atom stereocenters. The highest BCUT2D eigenvalue weighted by molar-refractivity contribution is 7.97. The Bertz CT molecular complexity index is 403. The Morgan fingerprint density at radius 1 is 1.29 bits per heavy atom. The van der Waals surface area contributed by atoms with Crippen LogP contribution in [0.3, 0.4) is 0 Å². The number of carboxylic acid groups (broad SMARTS) is 1. The van der Waals surface area contributed by atoms with Crippen LogP contribution in [0, 0.1) is 0 Å². The molecule has 5 heteroatoms. The fourth-order valence-electron chi connectivity index (χ4n) is 1.41. The van der Waals surface area contributed by atoms with Gasteiger partial charge >= 0.3 is 5.97 Å². The first-order chi connectivity index (χ1) is 8.04. The van der Waals surface area contributed by atoms with Crippen molar-refractivity contribution < 1.29 is 14.7 Å². The van der Waals surface area contributed by atoms with E-state index in [-0.39, 0.29) is 12.5 Å². The van der Waals surface area contributed by atoms with Crippen molar-refractivity contribution >= 4 is 23.6 Å². The molecule has 0 unspecified atom stereocenters. The molecule has 1 aromatic rings. The van der Waals surface area contributed by atoms with Gasteiger partial charge in [0.2, 0.25) is 0 Å². The number of rotatable bonds is 5. The second kappa shape index (κ2) is 6.30. The molecule has 0 fully saturated rings. The summed E-state index contributed by atoms with van der Waals surface area (Å²) in [6.45, 7) is -0.286. The van der Waals surface area contributed by atoms with Crippen molar-refractivity contribution in [1.29, 1.82) is 0 Å². The quantitative estimate of drug-likeness (QED) is 0.868. The Morgan fingerprint density at radius 3 is 2.35 bits per heavy atom. The molecule has 0 saturated heterocycles. The van der Waals surface area contributed by atoms with Gasteiger partial charge in [-0.05, 0) is 24.0 Å². The van der Waals surface area contributed by atoms with E-state index in [2.05, 4.69) is 0 Å². The van der Waals surface area contributed by atoms with Crippen molar-refractivity contribution in [3.8, 4) is 0 Å². The Morgan fingerprint density at radius 2 is 1.88 bits per heavy atom. The number of carbonyl (C=O) groups excluding carboxylic acids is 1. The molecule has 0 aromatic heterocycles. The summed E-state index contributed by atoms with van der Waals surface area (Å²) in [5, 5.41) is 8.60. The normalized spacial score (nSPS) is 10.0. The zero-order valence-corrected chi connectivity index (χ0v) is 10.7. The lowest BCUT2D eigenvalue weighted by Gasteiger charge is -2.14. The molecule has 17 heavy (non-hydrogen) atoms. The highest BCUT2D eigenvalue weighted by atomic mass is 32.2. The molecule has 0 bridgehead atoms. The van der Waals surface area contributed by atoms with Crippen LogP contribution in [0.15, 0.2) is 24.3 Å². The fourth-order valence-corrected chi connectivity index (χ4v) is 1.93. The maximum atomic E-state index is 11.8. The van der Waals surface area contributed by atoms with Gasteiger partial charge in [-0.2, -0.15) is 11.8 Å². The Hall–Kier alpha value is -1.49. The van der Waals surface area contributed by atoms with E-state index >= 15 is 0 Å². The molecule has 1 amide bonds. The number of aliphatic carboxylic acids is 1. The van der Waals surface area contributed by atoms with Crippen LogP contribution in [0.4, 0.5) is 0 Å². The van der Waals surface area contributed by atoms with E-state index in [0.717, 1.165) is 11.3 Å². The number of benzene rings is 1. The molecular formula is C12H15NO3S. The largest absolute Gasteiger partial charge is 0.480 e. The van der Waals surface area contributed by atoms with E-state index in [4.69, 9.17) is 5.11 Å². The van der Waals surface area contributed by atoms with E-state index in [0.29, 0.717) is 5.56 Å². The van der Waals surface area contributed by atoms with E-state index < -0.39 is 5.97 Å². The monoisotopic (exact) mass is 253 g/mol. The zero-order valence-electron chi connectivity index (χ0n) is 9.84. The molecule has 0 heterocycles. The molecule has 1 aromatic carbocycles. The molecule has 0 saturated carbocycles. The topological polar surface area (TPSA) is 57.6 Å². The molecule has 92 valence electrons. The first-order valence-electron chi connectivity index (χ1n) is 5.09. The lowest BCUT2D eigenvalue weighted by Crippen LogP contribution is -2.31. The summed E-state index contributed by atoms with van der Waals surface area (Å²) < 4.78 is 0. The van der Waals surface area contributed by atoms with Crippen molar-refractivity contribution in [3.05, 3.63) is 35.4 Å². The number of carbonyl (C=O) groups is 2. The minimum atomic E-state index is -1.01. The summed E-state index contributed by atoms with van der Waals surface area (Å²) in [6.07, 6.45) is 2.01. The van der Waals surface area contributed by atoms with Crippen molar-refractivity contribution in [3.63, 3.8) is 0 Å². The van der Waals surface area contributed by atoms with E-state index in [1.807, 2.05) is 18.4 Å². The molecule has 1 N–H and O–H groups in total. The summed E-state index contributed by atoms with van der Waals surface area (Å²) in [5.41, 5.74) is 1.66. The van der Waals surface area contributed by atoms with Gasteiger partial charge < -0.3 is 10.0 Å². The van der Waals surface area contributed by atoms with Crippen LogP contribution < -0.4 is 0 Å². The van der Waals surface area contributed by atoms with Crippen LogP contribution in [0.25, 0.3) is 0 Å². The van der Waals surface area contributed by atoms with Crippen LogP contribution >= 0.6 is 11.8 Å². The third kappa shape index (κ3) is 4.11. The van der Waals surface area contributed by atoms with Crippen LogP contribution in [-0.4, -0.2) is 41.7 Å². The summed E-state index contributed by atoms with van der Waals surface area (Å²) in [7, 11) is 1.48. The highest BCUT2D eigenvalue weighted by Gasteiger charge is 2.13. The van der Waals surface area contributed by atoms with Crippen molar-refractivity contribution in [2.24, 2.45) is 0 Å². The molecule has 0 spiro atoms. The summed E-state index contributed by atoms with van der Waals surface area (Å²) in [4.78, 5) is 23.5. The van der Waals surface area contributed by atoms with E-state index in [1.165, 1.54) is 11.9 Å². The molecule has 0 aliphatic heterocycles. The number of amides is 1. The molecule has 4 nitrogen and oxygen atoms in total. The number of likely N-dealkylation sites (N-methyl/N-ethyl adjacent to an activating group) is 1. The average molecular weight is 253 g/mol. The van der Waals surface area contributed by atoms with Crippen LogP contribution in [-0.2, 0) is 10.5 Å². The Kier molecular flexibility index (Phi) is 5.03. The molecule has 1 rings (SSSR count). The number of thioether (sulfide) groups is 1. The van der Waals surface area contributed by atoms with Gasteiger partial charge in [0.25, 0.3) is 5.91 Å². The van der Waals surface area contributed by atoms with Gasteiger partial charge in [0.15, 0.2) is 0 Å². The van der Waals surface area contributed by atoms with E-state index in [1.54, 1.807) is 23.9 Å². The van der Waals surface area contributed by atoms with Gasteiger partial charge in [0.05, 0.1) is 0 Å². The van der Waals surface area contributed by atoms with Gasteiger partial charge in [-0.1, -0.05) is 12.1 Å². The van der Waals surface area contributed by atoms with Crippen LogP contribution in [0.5, 0.6) is 0 Å². The summed E-state index contributed by atoms with van der Waals surface area (Å²) in [5.74, 6) is -0.387. The maximum absolute atomic E-state index is 11.8. The lowest BCUT2D eigenvalue weighted by molar-refractivity contribution is -0.137. The van der Waals surface area contributed by atoms with Gasteiger partial charge in [0, 0.05) is 18.4 Å². The van der Waals surface area contributed by atoms with Gasteiger partial charge in [-0.15, -0.1) is 0 Å². The van der Waals surface area contributed by atoms with Crippen LogP contribution in [0.1, 0.15) is 15.9 Å². The van der Waals surface area contributed by atoms with Crippen LogP contribution in [0.2, 0.25) is 0 Å². The Balaban J connectivity index is 2.72. The first-order valence-corrected chi connectivity index (χ1v) is 6.49. The minimum Gasteiger partial charge on any atom is -0.480 e.